The summed E-state index contributed by atoms with van der Waals surface area (Å²) in [5.74, 6) is -0.494. The van der Waals surface area contributed by atoms with Crippen LogP contribution in [0, 0.1) is 0 Å². The van der Waals surface area contributed by atoms with Gasteiger partial charge in [-0.15, -0.1) is 0 Å². The lowest BCUT2D eigenvalue weighted by atomic mass is 10.1. The molecule has 0 aliphatic carbocycles. The van der Waals surface area contributed by atoms with E-state index in [9.17, 15) is 22.0 Å². The van der Waals surface area contributed by atoms with E-state index in [4.69, 9.17) is 0 Å². The Bertz CT molecular complexity index is 923. The Kier molecular flexibility index (Phi) is 6.13. The minimum Gasteiger partial charge on any atom is -0.433 e. The zero-order chi connectivity index (χ0) is 20.1. The summed E-state index contributed by atoms with van der Waals surface area (Å²) in [6.45, 7) is -3.18. The number of nitrogens with one attached hydrogen (secondary N) is 1. The summed E-state index contributed by atoms with van der Waals surface area (Å²) in [7, 11) is -3.19. The molecule has 9 heteroatoms. The molecule has 1 amide bonds. The molecule has 1 aliphatic heterocycles. The van der Waals surface area contributed by atoms with Gasteiger partial charge in [-0.3, -0.25) is 4.79 Å². The zero-order valence-corrected chi connectivity index (χ0v) is 15.7. The van der Waals surface area contributed by atoms with Gasteiger partial charge in [-0.05, 0) is 30.7 Å². The average Bonchev–Trinajstić information content (AvgIpc) is 3.01. The molecular formula is C19H20F2N2O4S. The van der Waals surface area contributed by atoms with Crippen molar-refractivity contribution in [2.75, 3.05) is 28.3 Å². The number of amides is 1. The van der Waals surface area contributed by atoms with Crippen LogP contribution in [-0.2, 0) is 14.6 Å². The predicted molar refractivity (Wildman–Crippen MR) is 103 cm³/mol. The number of para-hydroxylation sites is 3. The van der Waals surface area contributed by atoms with E-state index in [1.54, 1.807) is 42.5 Å². The van der Waals surface area contributed by atoms with Gasteiger partial charge in [0.05, 0.1) is 29.8 Å². The number of carbonyl (C=O) groups is 1. The first-order valence-corrected chi connectivity index (χ1v) is 10.5. The number of alkyl halides is 2. The molecule has 0 spiro atoms. The zero-order valence-electron chi connectivity index (χ0n) is 14.9. The van der Waals surface area contributed by atoms with Gasteiger partial charge < -0.3 is 15.0 Å². The van der Waals surface area contributed by atoms with Crippen molar-refractivity contribution in [3.05, 3.63) is 54.6 Å². The number of nitrogens with zero attached hydrogens (tertiary/aromatic N) is 1. The quantitative estimate of drug-likeness (QED) is 0.760. The highest BCUT2D eigenvalue weighted by Crippen LogP contribution is 2.27. The number of anilines is 2. The number of benzene rings is 2. The van der Waals surface area contributed by atoms with Gasteiger partial charge in [-0.1, -0.05) is 30.3 Å². The molecule has 1 atom stereocenters. The first kappa shape index (κ1) is 20.1. The van der Waals surface area contributed by atoms with Gasteiger partial charge in [-0.25, -0.2) is 8.42 Å². The van der Waals surface area contributed by atoms with Crippen LogP contribution in [0.1, 0.15) is 6.42 Å². The fourth-order valence-electron chi connectivity index (χ4n) is 3.19. The second kappa shape index (κ2) is 8.55. The lowest BCUT2D eigenvalue weighted by Crippen LogP contribution is -2.44. The van der Waals surface area contributed by atoms with Crippen LogP contribution in [0.25, 0.3) is 0 Å². The third-order valence-electron chi connectivity index (χ3n) is 4.41. The summed E-state index contributed by atoms with van der Waals surface area (Å²) in [5, 5.41) is 2.81. The Balaban J connectivity index is 1.78. The normalized spacial score (nSPS) is 18.0. The largest absolute Gasteiger partial charge is 0.433 e. The van der Waals surface area contributed by atoms with Gasteiger partial charge in [0.15, 0.2) is 9.84 Å². The molecule has 0 aromatic heterocycles. The molecule has 0 radical (unpaired) electrons. The fourth-order valence-corrected chi connectivity index (χ4v) is 4.89. The molecule has 0 unspecified atom stereocenters. The molecule has 2 aromatic carbocycles. The van der Waals surface area contributed by atoms with E-state index in [0.29, 0.717) is 12.1 Å². The van der Waals surface area contributed by atoms with Crippen LogP contribution < -0.4 is 15.0 Å². The SMILES string of the molecule is O=C(CNc1ccccc1OC(F)F)N(c1ccccc1)[C@H]1CCS(=O)(=O)C1. The van der Waals surface area contributed by atoms with Crippen LogP contribution in [0.4, 0.5) is 20.2 Å². The Morgan fingerprint density at radius 2 is 1.82 bits per heavy atom. The number of hydrogen-bond acceptors (Lipinski definition) is 5. The Morgan fingerprint density at radius 3 is 2.46 bits per heavy atom. The van der Waals surface area contributed by atoms with Crippen LogP contribution in [0.2, 0.25) is 0 Å². The molecule has 150 valence electrons. The number of halogens is 2. The van der Waals surface area contributed by atoms with E-state index < -0.39 is 22.5 Å². The van der Waals surface area contributed by atoms with E-state index >= 15 is 0 Å². The highest BCUT2D eigenvalue weighted by Gasteiger charge is 2.35. The monoisotopic (exact) mass is 410 g/mol. The highest BCUT2D eigenvalue weighted by molar-refractivity contribution is 7.91. The van der Waals surface area contributed by atoms with Crippen molar-refractivity contribution in [1.29, 1.82) is 0 Å². The molecule has 6 nitrogen and oxygen atoms in total. The van der Waals surface area contributed by atoms with E-state index in [1.165, 1.54) is 17.0 Å². The highest BCUT2D eigenvalue weighted by atomic mass is 32.2. The van der Waals surface area contributed by atoms with Crippen molar-refractivity contribution >= 4 is 27.1 Å². The fraction of sp³-hybridized carbons (Fsp3) is 0.316. The minimum absolute atomic E-state index is 0.0345. The summed E-state index contributed by atoms with van der Waals surface area (Å²) in [6.07, 6.45) is 0.355. The van der Waals surface area contributed by atoms with Crippen LogP contribution in [0.3, 0.4) is 0 Å². The van der Waals surface area contributed by atoms with Crippen molar-refractivity contribution in [2.24, 2.45) is 0 Å². The summed E-state index contributed by atoms with van der Waals surface area (Å²) in [6, 6.07) is 14.4. The van der Waals surface area contributed by atoms with Crippen LogP contribution in [0.5, 0.6) is 5.75 Å². The van der Waals surface area contributed by atoms with Crippen LogP contribution in [0.15, 0.2) is 54.6 Å². The number of sulfone groups is 1. The molecule has 28 heavy (non-hydrogen) atoms. The first-order chi connectivity index (χ1) is 13.4. The third kappa shape index (κ3) is 4.98. The maximum atomic E-state index is 12.9. The maximum absolute atomic E-state index is 12.9. The van der Waals surface area contributed by atoms with Crippen LogP contribution >= 0.6 is 0 Å². The van der Waals surface area contributed by atoms with Crippen molar-refractivity contribution in [2.45, 2.75) is 19.1 Å². The smallest absolute Gasteiger partial charge is 0.387 e. The topological polar surface area (TPSA) is 75.7 Å². The van der Waals surface area contributed by atoms with Gasteiger partial charge >= 0.3 is 6.61 Å². The lowest BCUT2D eigenvalue weighted by molar-refractivity contribution is -0.117. The molecule has 1 heterocycles. The lowest BCUT2D eigenvalue weighted by Gasteiger charge is -2.28. The van der Waals surface area contributed by atoms with E-state index in [2.05, 4.69) is 10.1 Å². The molecule has 1 saturated heterocycles. The first-order valence-electron chi connectivity index (χ1n) is 8.71. The summed E-state index contributed by atoms with van der Waals surface area (Å²) < 4.78 is 53.3. The number of carbonyl (C=O) groups excluding carboxylic acids is 1. The van der Waals surface area contributed by atoms with Crippen molar-refractivity contribution in [1.82, 2.24) is 0 Å². The molecule has 0 bridgehead atoms. The van der Waals surface area contributed by atoms with E-state index in [-0.39, 0.29) is 35.4 Å². The Labute approximate surface area is 162 Å². The van der Waals surface area contributed by atoms with Gasteiger partial charge in [0.1, 0.15) is 5.75 Å². The van der Waals surface area contributed by atoms with Gasteiger partial charge in [0, 0.05) is 5.69 Å². The summed E-state index contributed by atoms with van der Waals surface area (Å²) in [4.78, 5) is 14.4. The molecule has 1 aliphatic rings. The second-order valence-corrected chi connectivity index (χ2v) is 8.61. The molecule has 1 fully saturated rings. The molecule has 2 aromatic rings. The van der Waals surface area contributed by atoms with Crippen molar-refractivity contribution in [3.8, 4) is 5.75 Å². The van der Waals surface area contributed by atoms with Gasteiger partial charge in [-0.2, -0.15) is 8.78 Å². The Morgan fingerprint density at radius 1 is 1.14 bits per heavy atom. The maximum Gasteiger partial charge on any atom is 0.387 e. The van der Waals surface area contributed by atoms with Gasteiger partial charge in [0.2, 0.25) is 5.91 Å². The molecule has 1 N–H and O–H groups in total. The number of rotatable bonds is 7. The summed E-state index contributed by atoms with van der Waals surface area (Å²) >= 11 is 0. The predicted octanol–water partition coefficient (Wildman–Crippen LogP) is 2.92. The van der Waals surface area contributed by atoms with Crippen molar-refractivity contribution < 1.29 is 26.7 Å². The minimum atomic E-state index is -3.19. The summed E-state index contributed by atoms with van der Waals surface area (Å²) in [5.41, 5.74) is 0.844. The van der Waals surface area contributed by atoms with Crippen LogP contribution in [-0.4, -0.2) is 45.0 Å². The van der Waals surface area contributed by atoms with Crippen molar-refractivity contribution in [3.63, 3.8) is 0 Å². The van der Waals surface area contributed by atoms with E-state index in [1.807, 2.05) is 0 Å². The molecule has 0 saturated carbocycles. The third-order valence-corrected chi connectivity index (χ3v) is 6.16. The number of hydrogen-bond donors (Lipinski definition) is 1. The Hall–Kier alpha value is -2.68. The number of ether oxygens (including phenoxy) is 1. The second-order valence-electron chi connectivity index (χ2n) is 6.38. The van der Waals surface area contributed by atoms with E-state index in [0.717, 1.165) is 0 Å². The average molecular weight is 410 g/mol. The molecule has 3 rings (SSSR count). The molecular weight excluding hydrogens is 390 g/mol. The van der Waals surface area contributed by atoms with Gasteiger partial charge in [0.25, 0.3) is 0 Å². The standard InChI is InChI=1S/C19H20F2N2O4S/c20-19(21)27-17-9-5-4-8-16(17)22-12-18(24)23(14-6-2-1-3-7-14)15-10-11-28(25,26)13-15/h1-9,15,19,22H,10-13H2/t15-/m0/s1.